The number of carbonyl (C=O) groups excluding carboxylic acids is 1. The van der Waals surface area contributed by atoms with Gasteiger partial charge in [-0.1, -0.05) is 13.8 Å². The summed E-state index contributed by atoms with van der Waals surface area (Å²) >= 11 is 0. The first-order valence-electron chi connectivity index (χ1n) is 7.55. The maximum Gasteiger partial charge on any atom is 0.225 e. The Hall–Kier alpha value is -1.88. The minimum absolute atomic E-state index is 0.0429. The first-order chi connectivity index (χ1) is 10.1. The van der Waals surface area contributed by atoms with Gasteiger partial charge in [-0.05, 0) is 37.6 Å². The van der Waals surface area contributed by atoms with Crippen molar-refractivity contribution in [3.05, 3.63) is 24.1 Å². The van der Waals surface area contributed by atoms with E-state index >= 15 is 0 Å². The number of nitrogens with zero attached hydrogens (tertiary/aromatic N) is 1. The second kappa shape index (κ2) is 5.85. The van der Waals surface area contributed by atoms with Crippen LogP contribution in [0.15, 0.2) is 22.6 Å². The van der Waals surface area contributed by atoms with Gasteiger partial charge in [0.15, 0.2) is 11.5 Å². The lowest BCUT2D eigenvalue weighted by Gasteiger charge is -2.10. The van der Waals surface area contributed by atoms with Gasteiger partial charge in [-0.2, -0.15) is 0 Å². The Bertz CT molecular complexity index is 642. The zero-order valence-electron chi connectivity index (χ0n) is 12.5. The Balaban J connectivity index is 1.70. The van der Waals surface area contributed by atoms with Crippen molar-refractivity contribution in [3.8, 4) is 0 Å². The molecule has 5 nitrogen and oxygen atoms in total. The van der Waals surface area contributed by atoms with Crippen molar-refractivity contribution in [3.63, 3.8) is 0 Å². The lowest BCUT2D eigenvalue weighted by Crippen LogP contribution is -2.27. The summed E-state index contributed by atoms with van der Waals surface area (Å²) in [5.41, 5.74) is 2.32. The van der Waals surface area contributed by atoms with Crippen LogP contribution >= 0.6 is 0 Å². The van der Waals surface area contributed by atoms with Gasteiger partial charge >= 0.3 is 0 Å². The standard InChI is InChI=1S/C16H21N3O2/c1-10(2)16-19-13-8-12(5-6-14(13)21-16)18-15(20)9-11-4-3-7-17-11/h5-6,8,10-11,17H,3-4,7,9H2,1-2H3,(H,18,20). The number of nitrogens with one attached hydrogen (secondary N) is 2. The van der Waals surface area contributed by atoms with Gasteiger partial charge in [-0.3, -0.25) is 4.79 Å². The molecule has 0 spiro atoms. The molecule has 112 valence electrons. The second-order valence-electron chi connectivity index (χ2n) is 5.93. The summed E-state index contributed by atoms with van der Waals surface area (Å²) in [6, 6.07) is 5.90. The third-order valence-corrected chi connectivity index (χ3v) is 3.78. The molecular weight excluding hydrogens is 266 g/mol. The van der Waals surface area contributed by atoms with Crippen LogP contribution in [0.3, 0.4) is 0 Å². The van der Waals surface area contributed by atoms with Crippen molar-refractivity contribution in [2.45, 2.75) is 45.1 Å². The van der Waals surface area contributed by atoms with E-state index in [-0.39, 0.29) is 11.8 Å². The Morgan fingerprint density at radius 3 is 3.10 bits per heavy atom. The minimum atomic E-state index is 0.0429. The molecule has 0 radical (unpaired) electrons. The molecule has 1 aliphatic heterocycles. The molecule has 2 N–H and O–H groups in total. The molecule has 1 aliphatic rings. The summed E-state index contributed by atoms with van der Waals surface area (Å²) in [5, 5.41) is 6.27. The van der Waals surface area contributed by atoms with E-state index in [0.717, 1.165) is 42.1 Å². The fourth-order valence-corrected chi connectivity index (χ4v) is 2.64. The predicted molar refractivity (Wildman–Crippen MR) is 82.4 cm³/mol. The summed E-state index contributed by atoms with van der Waals surface area (Å²) in [5.74, 6) is 1.02. The van der Waals surface area contributed by atoms with Crippen LogP contribution in [0, 0.1) is 0 Å². The van der Waals surface area contributed by atoms with Crippen LogP contribution in [0.25, 0.3) is 11.1 Å². The minimum Gasteiger partial charge on any atom is -0.440 e. The van der Waals surface area contributed by atoms with E-state index in [1.165, 1.54) is 0 Å². The highest BCUT2D eigenvalue weighted by molar-refractivity contribution is 5.93. The predicted octanol–water partition coefficient (Wildman–Crippen LogP) is 3.03. The molecule has 2 heterocycles. The first kappa shape index (κ1) is 14.1. The fourth-order valence-electron chi connectivity index (χ4n) is 2.64. The average Bonchev–Trinajstić information content (AvgIpc) is 3.06. The van der Waals surface area contributed by atoms with Crippen LogP contribution in [0.4, 0.5) is 5.69 Å². The zero-order chi connectivity index (χ0) is 14.8. The Labute approximate surface area is 124 Å². The Morgan fingerprint density at radius 1 is 1.52 bits per heavy atom. The maximum absolute atomic E-state index is 12.0. The summed E-state index contributed by atoms with van der Waals surface area (Å²) in [6.45, 7) is 5.10. The van der Waals surface area contributed by atoms with Gasteiger partial charge in [0.1, 0.15) is 5.52 Å². The van der Waals surface area contributed by atoms with Gasteiger partial charge < -0.3 is 15.1 Å². The summed E-state index contributed by atoms with van der Waals surface area (Å²) < 4.78 is 5.66. The highest BCUT2D eigenvalue weighted by Crippen LogP contribution is 2.24. The molecule has 0 bridgehead atoms. The molecular formula is C16H21N3O2. The summed E-state index contributed by atoms with van der Waals surface area (Å²) in [7, 11) is 0. The molecule has 21 heavy (non-hydrogen) atoms. The van der Waals surface area contributed by atoms with Crippen molar-refractivity contribution < 1.29 is 9.21 Å². The number of hydrogen-bond acceptors (Lipinski definition) is 4. The van der Waals surface area contributed by atoms with Crippen LogP contribution in [0.2, 0.25) is 0 Å². The topological polar surface area (TPSA) is 67.2 Å². The van der Waals surface area contributed by atoms with Gasteiger partial charge in [0.2, 0.25) is 5.91 Å². The zero-order valence-corrected chi connectivity index (χ0v) is 12.5. The van der Waals surface area contributed by atoms with Crippen molar-refractivity contribution in [1.82, 2.24) is 10.3 Å². The van der Waals surface area contributed by atoms with Crippen molar-refractivity contribution in [2.75, 3.05) is 11.9 Å². The van der Waals surface area contributed by atoms with E-state index in [2.05, 4.69) is 15.6 Å². The second-order valence-corrected chi connectivity index (χ2v) is 5.93. The third-order valence-electron chi connectivity index (χ3n) is 3.78. The van der Waals surface area contributed by atoms with E-state index in [4.69, 9.17) is 4.42 Å². The number of carbonyl (C=O) groups is 1. The number of oxazole rings is 1. The molecule has 5 heteroatoms. The van der Waals surface area contributed by atoms with E-state index in [1.54, 1.807) is 0 Å². The third kappa shape index (κ3) is 3.24. The Kier molecular flexibility index (Phi) is 3.92. The molecule has 1 aromatic heterocycles. The molecule has 1 aromatic carbocycles. The van der Waals surface area contributed by atoms with Gasteiger partial charge in [-0.15, -0.1) is 0 Å². The van der Waals surface area contributed by atoms with Crippen molar-refractivity contribution in [1.29, 1.82) is 0 Å². The van der Waals surface area contributed by atoms with Crippen LogP contribution < -0.4 is 10.6 Å². The lowest BCUT2D eigenvalue weighted by atomic mass is 10.1. The van der Waals surface area contributed by atoms with Crippen LogP contribution in [0.5, 0.6) is 0 Å². The first-order valence-corrected chi connectivity index (χ1v) is 7.55. The number of benzene rings is 1. The maximum atomic E-state index is 12.0. The largest absolute Gasteiger partial charge is 0.440 e. The van der Waals surface area contributed by atoms with Gasteiger partial charge in [-0.25, -0.2) is 4.98 Å². The average molecular weight is 287 g/mol. The van der Waals surface area contributed by atoms with E-state index in [9.17, 15) is 4.79 Å². The van der Waals surface area contributed by atoms with Crippen molar-refractivity contribution in [2.24, 2.45) is 0 Å². The van der Waals surface area contributed by atoms with Crippen LogP contribution in [0.1, 0.15) is 44.9 Å². The normalized spacial score (nSPS) is 18.5. The van der Waals surface area contributed by atoms with E-state index in [0.29, 0.717) is 12.5 Å². The highest BCUT2D eigenvalue weighted by Gasteiger charge is 2.18. The summed E-state index contributed by atoms with van der Waals surface area (Å²) in [4.78, 5) is 16.5. The molecule has 3 rings (SSSR count). The van der Waals surface area contributed by atoms with Gasteiger partial charge in [0, 0.05) is 24.1 Å². The molecule has 1 fully saturated rings. The van der Waals surface area contributed by atoms with Crippen LogP contribution in [-0.4, -0.2) is 23.5 Å². The SMILES string of the molecule is CC(C)c1nc2cc(NC(=O)CC3CCCN3)ccc2o1. The molecule has 1 amide bonds. The molecule has 1 atom stereocenters. The summed E-state index contributed by atoms with van der Waals surface area (Å²) in [6.07, 6.45) is 2.75. The number of amides is 1. The highest BCUT2D eigenvalue weighted by atomic mass is 16.3. The van der Waals surface area contributed by atoms with Gasteiger partial charge in [0.25, 0.3) is 0 Å². The Morgan fingerprint density at radius 2 is 2.38 bits per heavy atom. The molecule has 0 aliphatic carbocycles. The number of aromatic nitrogens is 1. The smallest absolute Gasteiger partial charge is 0.225 e. The molecule has 1 unspecified atom stereocenters. The lowest BCUT2D eigenvalue weighted by molar-refractivity contribution is -0.116. The number of fused-ring (bicyclic) bond motifs is 1. The number of rotatable bonds is 4. The van der Waals surface area contributed by atoms with Gasteiger partial charge in [0.05, 0.1) is 0 Å². The molecule has 2 aromatic rings. The van der Waals surface area contributed by atoms with E-state index in [1.807, 2.05) is 32.0 Å². The van der Waals surface area contributed by atoms with Crippen LogP contribution in [-0.2, 0) is 4.79 Å². The monoisotopic (exact) mass is 287 g/mol. The van der Waals surface area contributed by atoms with Crippen molar-refractivity contribution >= 4 is 22.7 Å². The number of hydrogen-bond donors (Lipinski definition) is 2. The molecule has 1 saturated heterocycles. The fraction of sp³-hybridized carbons (Fsp3) is 0.500. The van der Waals surface area contributed by atoms with E-state index < -0.39 is 0 Å². The molecule has 0 saturated carbocycles. The number of anilines is 1. The quantitative estimate of drug-likeness (QED) is 0.907.